The molecule has 1 unspecified atom stereocenters. The number of hydrogen-bond acceptors (Lipinski definition) is 5. The predicted octanol–water partition coefficient (Wildman–Crippen LogP) is 4.56. The number of hydrogen-bond donors (Lipinski definition) is 1. The van der Waals surface area contributed by atoms with Crippen molar-refractivity contribution >= 4 is 27.7 Å². The van der Waals surface area contributed by atoms with Gasteiger partial charge < -0.3 is 5.32 Å². The number of aromatic nitrogens is 5. The lowest BCUT2D eigenvalue weighted by Crippen LogP contribution is -2.33. The fourth-order valence-electron chi connectivity index (χ4n) is 4.72. The Morgan fingerprint density at radius 2 is 1.75 bits per heavy atom. The van der Waals surface area contributed by atoms with Crippen LogP contribution in [0.3, 0.4) is 0 Å². The van der Waals surface area contributed by atoms with E-state index in [-0.39, 0.29) is 11.5 Å². The van der Waals surface area contributed by atoms with E-state index >= 15 is 0 Å². The minimum absolute atomic E-state index is 0.268. The Labute approximate surface area is 230 Å². The maximum atomic E-state index is 14.1. The minimum Gasteiger partial charge on any atom is -0.342 e. The highest BCUT2D eigenvalue weighted by Crippen LogP contribution is 2.22. The van der Waals surface area contributed by atoms with Crippen molar-refractivity contribution in [2.45, 2.75) is 13.0 Å². The second-order valence-electron chi connectivity index (χ2n) is 9.37. The van der Waals surface area contributed by atoms with Crippen LogP contribution < -0.4 is 10.9 Å². The molecule has 40 heavy (non-hydrogen) atoms. The Morgan fingerprint density at radius 3 is 2.55 bits per heavy atom. The van der Waals surface area contributed by atoms with Crippen LogP contribution in [-0.2, 0) is 7.05 Å². The Kier molecular flexibility index (Phi) is 6.38. The number of benzene rings is 3. The molecule has 8 nitrogen and oxygen atoms in total. The van der Waals surface area contributed by atoms with Crippen molar-refractivity contribution in [2.24, 2.45) is 7.05 Å². The minimum atomic E-state index is -0.603. The van der Waals surface area contributed by atoms with Crippen molar-refractivity contribution in [1.29, 1.82) is 0 Å². The maximum Gasteiger partial charge on any atom is 0.267 e. The second kappa shape index (κ2) is 10.3. The second-order valence-corrected chi connectivity index (χ2v) is 9.37. The molecular formula is C32H24N6O2. The van der Waals surface area contributed by atoms with Crippen LogP contribution in [0.4, 0.5) is 0 Å². The largest absolute Gasteiger partial charge is 0.342 e. The molecule has 0 saturated carbocycles. The Morgan fingerprint density at radius 1 is 0.950 bits per heavy atom. The van der Waals surface area contributed by atoms with E-state index in [1.165, 1.54) is 0 Å². The Bertz CT molecular complexity index is 2010. The van der Waals surface area contributed by atoms with Gasteiger partial charge in [0.25, 0.3) is 11.5 Å². The summed E-state index contributed by atoms with van der Waals surface area (Å²) in [6.07, 6.45) is 5.15. The molecule has 0 aliphatic heterocycles. The molecule has 3 aromatic heterocycles. The summed E-state index contributed by atoms with van der Waals surface area (Å²) in [5, 5.41) is 8.46. The molecule has 0 radical (unpaired) electrons. The van der Waals surface area contributed by atoms with Crippen molar-refractivity contribution in [3.63, 3.8) is 0 Å². The summed E-state index contributed by atoms with van der Waals surface area (Å²) in [6, 6.07) is 23.3. The number of rotatable bonds is 4. The first-order valence-electron chi connectivity index (χ1n) is 12.8. The molecule has 1 amide bonds. The van der Waals surface area contributed by atoms with Gasteiger partial charge in [-0.2, -0.15) is 5.10 Å². The highest BCUT2D eigenvalue weighted by Gasteiger charge is 2.22. The van der Waals surface area contributed by atoms with Gasteiger partial charge in [0.05, 0.1) is 45.5 Å². The number of carbonyl (C=O) groups excluding carboxylic acids is 1. The van der Waals surface area contributed by atoms with Crippen LogP contribution in [-0.4, -0.2) is 30.2 Å². The zero-order valence-electron chi connectivity index (χ0n) is 21.9. The molecule has 0 saturated heterocycles. The highest BCUT2D eigenvalue weighted by atomic mass is 16.2. The molecule has 0 spiro atoms. The maximum absolute atomic E-state index is 14.1. The van der Waals surface area contributed by atoms with Crippen LogP contribution >= 0.6 is 0 Å². The van der Waals surface area contributed by atoms with Gasteiger partial charge >= 0.3 is 0 Å². The fourth-order valence-corrected chi connectivity index (χ4v) is 4.72. The summed E-state index contributed by atoms with van der Waals surface area (Å²) < 4.78 is 3.22. The number of nitrogens with one attached hydrogen (secondary N) is 1. The number of pyridine rings is 1. The van der Waals surface area contributed by atoms with Gasteiger partial charge in [0.15, 0.2) is 0 Å². The summed E-state index contributed by atoms with van der Waals surface area (Å²) in [4.78, 5) is 36.9. The van der Waals surface area contributed by atoms with E-state index in [1.807, 2.05) is 86.9 Å². The average molecular weight is 525 g/mol. The summed E-state index contributed by atoms with van der Waals surface area (Å²) in [6.45, 7) is 1.82. The van der Waals surface area contributed by atoms with Gasteiger partial charge in [-0.3, -0.25) is 23.8 Å². The van der Waals surface area contributed by atoms with Crippen molar-refractivity contribution in [3.8, 4) is 17.5 Å². The highest BCUT2D eigenvalue weighted by molar-refractivity contribution is 6.05. The number of amides is 1. The molecule has 8 heteroatoms. The van der Waals surface area contributed by atoms with E-state index in [2.05, 4.69) is 27.2 Å². The third-order valence-corrected chi connectivity index (χ3v) is 6.60. The molecule has 1 N–H and O–H groups in total. The summed E-state index contributed by atoms with van der Waals surface area (Å²) in [5.41, 5.74) is 3.24. The quantitative estimate of drug-likeness (QED) is 0.341. The third-order valence-electron chi connectivity index (χ3n) is 6.60. The Hall–Kier alpha value is -5.55. The molecule has 6 aromatic rings. The van der Waals surface area contributed by atoms with Crippen LogP contribution in [0.15, 0.2) is 102 Å². The van der Waals surface area contributed by atoms with E-state index < -0.39 is 6.04 Å². The number of fused-ring (bicyclic) bond motifs is 2. The van der Waals surface area contributed by atoms with Gasteiger partial charge in [-0.25, -0.2) is 4.98 Å². The summed E-state index contributed by atoms with van der Waals surface area (Å²) >= 11 is 0. The van der Waals surface area contributed by atoms with Crippen LogP contribution in [0.2, 0.25) is 0 Å². The van der Waals surface area contributed by atoms with Gasteiger partial charge in [0.2, 0.25) is 0 Å². The SMILES string of the molecule is CC(NC(=O)c1cccc2cccnc12)c1nc2cccc(C#Cc3cnn(C)c3)c2c(=O)n1-c1ccccc1. The molecule has 0 fully saturated rings. The lowest BCUT2D eigenvalue weighted by Gasteiger charge is -2.20. The van der Waals surface area contributed by atoms with Crippen molar-refractivity contribution in [3.05, 3.63) is 130 Å². The van der Waals surface area contributed by atoms with Gasteiger partial charge in [-0.1, -0.05) is 54.3 Å². The summed E-state index contributed by atoms with van der Waals surface area (Å²) in [5.74, 6) is 6.31. The lowest BCUT2D eigenvalue weighted by atomic mass is 10.1. The van der Waals surface area contributed by atoms with Crippen molar-refractivity contribution in [1.82, 2.24) is 29.6 Å². The zero-order chi connectivity index (χ0) is 27.6. The molecule has 1 atom stereocenters. The van der Waals surface area contributed by atoms with E-state index in [0.717, 1.165) is 10.9 Å². The van der Waals surface area contributed by atoms with Gasteiger partial charge in [-0.05, 0) is 43.3 Å². The average Bonchev–Trinajstić information content (AvgIpc) is 3.40. The normalized spacial score (nSPS) is 11.7. The molecule has 0 bridgehead atoms. The van der Waals surface area contributed by atoms with Crippen LogP contribution in [0.1, 0.15) is 40.3 Å². The molecule has 3 aromatic carbocycles. The first-order chi connectivity index (χ1) is 19.5. The van der Waals surface area contributed by atoms with Crippen LogP contribution in [0, 0.1) is 11.8 Å². The molecule has 194 valence electrons. The van der Waals surface area contributed by atoms with Crippen LogP contribution in [0.25, 0.3) is 27.5 Å². The van der Waals surface area contributed by atoms with Crippen molar-refractivity contribution < 1.29 is 4.79 Å². The van der Waals surface area contributed by atoms with Crippen molar-refractivity contribution in [2.75, 3.05) is 0 Å². The number of nitrogens with zero attached hydrogens (tertiary/aromatic N) is 5. The molecule has 0 aliphatic rings. The van der Waals surface area contributed by atoms with Gasteiger partial charge in [0, 0.05) is 30.4 Å². The standard InChI is InChI=1S/C32H24N6O2/c1-21(35-31(39)26-14-6-10-24-11-8-18-33-29(24)26)30-36-27-15-7-9-23(17-16-22-19-34-37(2)20-22)28(27)32(40)38(30)25-12-4-3-5-13-25/h3-15,18-21H,1-2H3,(H,35,39). The Balaban J connectivity index is 1.47. The first kappa shape index (κ1) is 24.8. The van der Waals surface area contributed by atoms with E-state index in [0.29, 0.717) is 39.1 Å². The van der Waals surface area contributed by atoms with E-state index in [9.17, 15) is 9.59 Å². The zero-order valence-corrected chi connectivity index (χ0v) is 21.9. The topological polar surface area (TPSA) is 94.7 Å². The number of aryl methyl sites for hydroxylation is 1. The first-order valence-corrected chi connectivity index (χ1v) is 12.8. The van der Waals surface area contributed by atoms with Gasteiger partial charge in [-0.15, -0.1) is 0 Å². The predicted molar refractivity (Wildman–Crippen MR) is 154 cm³/mol. The third kappa shape index (κ3) is 4.61. The fraction of sp³-hybridized carbons (Fsp3) is 0.0938. The smallest absolute Gasteiger partial charge is 0.267 e. The monoisotopic (exact) mass is 524 g/mol. The molecular weight excluding hydrogens is 500 g/mol. The number of para-hydroxylation sites is 2. The molecule has 0 aliphatic carbocycles. The van der Waals surface area contributed by atoms with E-state index in [1.54, 1.807) is 33.8 Å². The summed E-state index contributed by atoms with van der Waals surface area (Å²) in [7, 11) is 1.82. The van der Waals surface area contributed by atoms with E-state index in [4.69, 9.17) is 4.98 Å². The molecule has 6 rings (SSSR count). The van der Waals surface area contributed by atoms with Crippen LogP contribution in [0.5, 0.6) is 0 Å². The lowest BCUT2D eigenvalue weighted by molar-refractivity contribution is 0.0939. The molecule has 3 heterocycles. The van der Waals surface area contributed by atoms with Gasteiger partial charge in [0.1, 0.15) is 5.82 Å². The number of carbonyl (C=O) groups is 1.